The molecule has 1 N–H and O–H groups in total. The van der Waals surface area contributed by atoms with Crippen LogP contribution in [0.15, 0.2) is 29.3 Å². The van der Waals surface area contributed by atoms with Crippen LogP contribution in [0.3, 0.4) is 0 Å². The molecule has 3 saturated heterocycles. The normalized spacial score (nSPS) is 23.8. The highest BCUT2D eigenvalue weighted by Crippen LogP contribution is 2.18. The second-order valence-electron chi connectivity index (χ2n) is 7.70. The van der Waals surface area contributed by atoms with E-state index in [0.29, 0.717) is 6.04 Å². The quantitative estimate of drug-likeness (QED) is 0.374. The zero-order chi connectivity index (χ0) is 19.2. The van der Waals surface area contributed by atoms with Gasteiger partial charge in [-0.15, -0.1) is 24.0 Å². The van der Waals surface area contributed by atoms with Crippen LogP contribution >= 0.6 is 24.0 Å². The maximum Gasteiger partial charge on any atom is 0.193 e. The van der Waals surface area contributed by atoms with E-state index in [9.17, 15) is 0 Å². The number of nitrogens with zero attached hydrogens (tertiary/aromatic N) is 4. The summed E-state index contributed by atoms with van der Waals surface area (Å²) in [5.41, 5.74) is 2.56. The minimum Gasteiger partial charge on any atom is -0.379 e. The minimum absolute atomic E-state index is 0. The van der Waals surface area contributed by atoms with Gasteiger partial charge in [-0.3, -0.25) is 9.89 Å². The van der Waals surface area contributed by atoms with Crippen LogP contribution in [0.4, 0.5) is 5.69 Å². The van der Waals surface area contributed by atoms with Gasteiger partial charge in [0.1, 0.15) is 0 Å². The number of nitrogens with one attached hydrogen (secondary N) is 1. The van der Waals surface area contributed by atoms with Crippen molar-refractivity contribution in [2.24, 2.45) is 4.99 Å². The molecule has 162 valence electrons. The molecule has 7 nitrogen and oxygen atoms in total. The smallest absolute Gasteiger partial charge is 0.193 e. The fraction of sp³-hybridized carbons (Fsp3) is 0.667. The first kappa shape index (κ1) is 22.6. The van der Waals surface area contributed by atoms with Gasteiger partial charge in [0.15, 0.2) is 5.96 Å². The molecule has 1 aromatic carbocycles. The molecule has 0 saturated carbocycles. The van der Waals surface area contributed by atoms with Gasteiger partial charge < -0.3 is 24.6 Å². The average Bonchev–Trinajstić information content (AvgIpc) is 3.26. The Labute approximate surface area is 191 Å². The van der Waals surface area contributed by atoms with E-state index in [1.54, 1.807) is 0 Å². The summed E-state index contributed by atoms with van der Waals surface area (Å²) >= 11 is 0. The Bertz CT molecular complexity index is 645. The number of anilines is 1. The van der Waals surface area contributed by atoms with Gasteiger partial charge in [0.25, 0.3) is 0 Å². The fourth-order valence-electron chi connectivity index (χ4n) is 4.33. The van der Waals surface area contributed by atoms with Crippen LogP contribution in [0.5, 0.6) is 0 Å². The molecule has 0 bridgehead atoms. The summed E-state index contributed by atoms with van der Waals surface area (Å²) in [6.45, 7) is 10.4. The highest BCUT2D eigenvalue weighted by Gasteiger charge is 2.30. The number of rotatable bonds is 4. The number of likely N-dealkylation sites (tertiary alicyclic amines) is 1. The van der Waals surface area contributed by atoms with Crippen molar-refractivity contribution in [3.8, 4) is 0 Å². The summed E-state index contributed by atoms with van der Waals surface area (Å²) < 4.78 is 10.9. The molecular weight excluding hydrogens is 481 g/mol. The molecule has 0 aliphatic carbocycles. The molecule has 0 spiro atoms. The van der Waals surface area contributed by atoms with Crippen LogP contribution in [-0.4, -0.2) is 94.5 Å². The molecule has 0 radical (unpaired) electrons. The van der Waals surface area contributed by atoms with E-state index < -0.39 is 0 Å². The van der Waals surface area contributed by atoms with Crippen LogP contribution in [-0.2, 0) is 16.0 Å². The molecule has 0 amide bonds. The summed E-state index contributed by atoms with van der Waals surface area (Å²) in [6.07, 6.45) is 1.20. The predicted octanol–water partition coefficient (Wildman–Crippen LogP) is 1.62. The number of ether oxygens (including phenoxy) is 2. The van der Waals surface area contributed by atoms with Gasteiger partial charge >= 0.3 is 0 Å². The van der Waals surface area contributed by atoms with Crippen LogP contribution in [0.2, 0.25) is 0 Å². The van der Waals surface area contributed by atoms with Gasteiger partial charge in [0, 0.05) is 64.6 Å². The highest BCUT2D eigenvalue weighted by molar-refractivity contribution is 14.0. The van der Waals surface area contributed by atoms with Gasteiger partial charge in [0.05, 0.1) is 26.4 Å². The van der Waals surface area contributed by atoms with Crippen molar-refractivity contribution < 1.29 is 9.47 Å². The molecule has 3 heterocycles. The molecule has 1 atom stereocenters. The Kier molecular flexibility index (Phi) is 8.83. The van der Waals surface area contributed by atoms with Gasteiger partial charge in [-0.25, -0.2) is 0 Å². The predicted molar refractivity (Wildman–Crippen MR) is 127 cm³/mol. The lowest BCUT2D eigenvalue weighted by Crippen LogP contribution is -2.46. The molecular formula is C21H34IN5O2. The number of hydrogen-bond acceptors (Lipinski definition) is 5. The lowest BCUT2D eigenvalue weighted by atomic mass is 10.2. The Morgan fingerprint density at radius 1 is 1.00 bits per heavy atom. The molecule has 29 heavy (non-hydrogen) atoms. The Balaban J connectivity index is 0.00000240. The third kappa shape index (κ3) is 5.96. The molecule has 3 aliphatic heterocycles. The number of guanidine groups is 1. The fourth-order valence-corrected chi connectivity index (χ4v) is 4.33. The second-order valence-corrected chi connectivity index (χ2v) is 7.70. The standard InChI is InChI=1S/C21H33N5O2.HI/c1-22-21(26-7-6-20(17-26)25-10-14-28-15-11-25)23-16-18-2-4-19(5-3-18)24-8-12-27-13-9-24;/h2-5,20H,6-17H2,1H3,(H,22,23);1H. The Hall–Kier alpha value is -1.10. The summed E-state index contributed by atoms with van der Waals surface area (Å²) in [5, 5.41) is 3.55. The third-order valence-electron chi connectivity index (χ3n) is 6.00. The molecule has 0 aromatic heterocycles. The largest absolute Gasteiger partial charge is 0.379 e. The first-order valence-corrected chi connectivity index (χ1v) is 10.5. The topological polar surface area (TPSA) is 52.6 Å². The van der Waals surface area contributed by atoms with Gasteiger partial charge in [-0.1, -0.05) is 12.1 Å². The zero-order valence-corrected chi connectivity index (χ0v) is 19.7. The van der Waals surface area contributed by atoms with Gasteiger partial charge in [-0.2, -0.15) is 0 Å². The van der Waals surface area contributed by atoms with Gasteiger partial charge in [0.2, 0.25) is 0 Å². The maximum atomic E-state index is 5.49. The number of hydrogen-bond donors (Lipinski definition) is 1. The Morgan fingerprint density at radius 3 is 2.31 bits per heavy atom. The SMILES string of the molecule is CN=C(NCc1ccc(N2CCOCC2)cc1)N1CCC(N2CCOCC2)C1.I. The van der Waals surface area contributed by atoms with E-state index >= 15 is 0 Å². The third-order valence-corrected chi connectivity index (χ3v) is 6.00. The number of halogens is 1. The number of benzene rings is 1. The van der Waals surface area contributed by atoms with Crippen molar-refractivity contribution >= 4 is 35.6 Å². The minimum atomic E-state index is 0. The van der Waals surface area contributed by atoms with E-state index in [0.717, 1.165) is 78.2 Å². The lowest BCUT2D eigenvalue weighted by Gasteiger charge is -2.32. The van der Waals surface area contributed by atoms with Crippen molar-refractivity contribution in [2.45, 2.75) is 19.0 Å². The molecule has 4 rings (SSSR count). The molecule has 8 heteroatoms. The van der Waals surface area contributed by atoms with Crippen LogP contribution < -0.4 is 10.2 Å². The van der Waals surface area contributed by atoms with Crippen LogP contribution in [0, 0.1) is 0 Å². The first-order chi connectivity index (χ1) is 13.8. The van der Waals surface area contributed by atoms with Crippen LogP contribution in [0.25, 0.3) is 0 Å². The molecule has 3 aliphatic rings. The zero-order valence-electron chi connectivity index (χ0n) is 17.4. The van der Waals surface area contributed by atoms with E-state index in [2.05, 4.69) is 49.3 Å². The van der Waals surface area contributed by atoms with E-state index in [1.165, 1.54) is 17.7 Å². The van der Waals surface area contributed by atoms with Crippen molar-refractivity contribution in [1.29, 1.82) is 0 Å². The van der Waals surface area contributed by atoms with Crippen molar-refractivity contribution in [1.82, 2.24) is 15.1 Å². The summed E-state index contributed by atoms with van der Waals surface area (Å²) in [5.74, 6) is 1.01. The molecule has 3 fully saturated rings. The second kappa shape index (κ2) is 11.3. The summed E-state index contributed by atoms with van der Waals surface area (Å²) in [6, 6.07) is 9.48. The molecule has 1 unspecified atom stereocenters. The van der Waals surface area contributed by atoms with Crippen LogP contribution in [0.1, 0.15) is 12.0 Å². The lowest BCUT2D eigenvalue weighted by molar-refractivity contribution is 0.0195. The van der Waals surface area contributed by atoms with Crippen molar-refractivity contribution in [3.05, 3.63) is 29.8 Å². The van der Waals surface area contributed by atoms with Crippen molar-refractivity contribution in [2.75, 3.05) is 77.6 Å². The Morgan fingerprint density at radius 2 is 1.66 bits per heavy atom. The number of morpholine rings is 2. The maximum absolute atomic E-state index is 5.49. The monoisotopic (exact) mass is 515 g/mol. The summed E-state index contributed by atoms with van der Waals surface area (Å²) in [4.78, 5) is 11.9. The molecule has 1 aromatic rings. The van der Waals surface area contributed by atoms with E-state index in [-0.39, 0.29) is 24.0 Å². The highest BCUT2D eigenvalue weighted by atomic mass is 127. The van der Waals surface area contributed by atoms with E-state index in [4.69, 9.17) is 9.47 Å². The average molecular weight is 515 g/mol. The number of aliphatic imine (C=N–C) groups is 1. The van der Waals surface area contributed by atoms with E-state index in [1.807, 2.05) is 7.05 Å². The van der Waals surface area contributed by atoms with Gasteiger partial charge in [-0.05, 0) is 24.1 Å². The summed E-state index contributed by atoms with van der Waals surface area (Å²) in [7, 11) is 1.88. The first-order valence-electron chi connectivity index (χ1n) is 10.5. The van der Waals surface area contributed by atoms with Crippen molar-refractivity contribution in [3.63, 3.8) is 0 Å².